The molecule has 0 radical (unpaired) electrons. The molecule has 0 heterocycles. The van der Waals surface area contributed by atoms with Crippen LogP contribution >= 0.6 is 12.6 Å². The van der Waals surface area contributed by atoms with Crippen molar-refractivity contribution in [2.24, 2.45) is 11.7 Å². The van der Waals surface area contributed by atoms with Crippen LogP contribution in [0, 0.1) is 5.92 Å². The number of carbonyl (C=O) groups excluding carboxylic acids is 3. The van der Waals surface area contributed by atoms with E-state index in [2.05, 4.69) is 28.6 Å². The third-order valence-electron chi connectivity index (χ3n) is 5.69. The minimum atomic E-state index is -1.23. The maximum atomic E-state index is 13.3. The van der Waals surface area contributed by atoms with Gasteiger partial charge in [0.1, 0.15) is 23.9 Å². The van der Waals surface area contributed by atoms with E-state index >= 15 is 0 Å². The maximum Gasteiger partial charge on any atom is 0.326 e. The standard InChI is InChI=1S/C26H34N4O6S/c1-15(2)22(30-23(32)19(27)14-37)25(34)28-20(12-17-8-10-18(31)11-9-17)24(33)29-21(26(35)36)13-16-6-4-3-5-7-16/h3-11,15,19-22,31,37H,12-14,27H2,1-2H3,(H,28,34)(H,29,33)(H,30,32)(H,35,36). The highest BCUT2D eigenvalue weighted by Crippen LogP contribution is 2.13. The van der Waals surface area contributed by atoms with Crippen LogP contribution in [0.3, 0.4) is 0 Å². The number of aromatic hydroxyl groups is 1. The molecule has 0 spiro atoms. The first-order valence-corrected chi connectivity index (χ1v) is 12.5. The Morgan fingerprint density at radius 1 is 0.811 bits per heavy atom. The molecule has 0 aromatic heterocycles. The number of carboxylic acids is 1. The third-order valence-corrected chi connectivity index (χ3v) is 6.08. The Balaban J connectivity index is 2.26. The average molecular weight is 531 g/mol. The molecular weight excluding hydrogens is 496 g/mol. The van der Waals surface area contributed by atoms with E-state index in [1.54, 1.807) is 56.3 Å². The van der Waals surface area contributed by atoms with Crippen molar-refractivity contribution in [1.82, 2.24) is 16.0 Å². The van der Waals surface area contributed by atoms with E-state index in [0.29, 0.717) is 5.56 Å². The Bertz CT molecular complexity index is 1060. The van der Waals surface area contributed by atoms with Crippen molar-refractivity contribution in [3.63, 3.8) is 0 Å². The van der Waals surface area contributed by atoms with Gasteiger partial charge in [0.15, 0.2) is 0 Å². The zero-order valence-electron chi connectivity index (χ0n) is 20.8. The molecule has 0 fully saturated rings. The molecule has 4 atom stereocenters. The van der Waals surface area contributed by atoms with E-state index in [9.17, 15) is 29.4 Å². The Labute approximate surface area is 221 Å². The molecule has 7 N–H and O–H groups in total. The van der Waals surface area contributed by atoms with Crippen molar-refractivity contribution in [3.8, 4) is 5.75 Å². The van der Waals surface area contributed by atoms with Gasteiger partial charge in [0.2, 0.25) is 17.7 Å². The van der Waals surface area contributed by atoms with Gasteiger partial charge < -0.3 is 31.9 Å². The summed E-state index contributed by atoms with van der Waals surface area (Å²) in [5.41, 5.74) is 7.06. The van der Waals surface area contributed by atoms with Crippen LogP contribution in [0.25, 0.3) is 0 Å². The molecule has 0 aliphatic heterocycles. The Morgan fingerprint density at radius 2 is 1.35 bits per heavy atom. The van der Waals surface area contributed by atoms with E-state index in [1.807, 2.05) is 0 Å². The highest BCUT2D eigenvalue weighted by molar-refractivity contribution is 7.80. The van der Waals surface area contributed by atoms with E-state index in [4.69, 9.17) is 5.73 Å². The highest BCUT2D eigenvalue weighted by atomic mass is 32.1. The molecule has 0 aliphatic carbocycles. The second kappa shape index (κ2) is 14.2. The van der Waals surface area contributed by atoms with Gasteiger partial charge in [0.25, 0.3) is 0 Å². The van der Waals surface area contributed by atoms with Gasteiger partial charge in [-0.25, -0.2) is 4.79 Å². The summed E-state index contributed by atoms with van der Waals surface area (Å²) in [6, 6.07) is 10.6. The van der Waals surface area contributed by atoms with Crippen molar-refractivity contribution in [2.75, 3.05) is 5.75 Å². The van der Waals surface area contributed by atoms with Crippen LogP contribution in [-0.2, 0) is 32.0 Å². The first-order chi connectivity index (χ1) is 17.5. The number of hydrogen-bond donors (Lipinski definition) is 7. The van der Waals surface area contributed by atoms with Crippen LogP contribution in [0.5, 0.6) is 5.75 Å². The first kappa shape index (κ1) is 29.7. The summed E-state index contributed by atoms with van der Waals surface area (Å²) in [5.74, 6) is -3.32. The van der Waals surface area contributed by atoms with Crippen molar-refractivity contribution in [1.29, 1.82) is 0 Å². The normalized spacial score (nSPS) is 14.2. The first-order valence-electron chi connectivity index (χ1n) is 11.8. The SMILES string of the molecule is CC(C)C(NC(=O)C(N)CS)C(=O)NC(Cc1ccc(O)cc1)C(=O)NC(Cc1ccccc1)C(=O)O. The second-order valence-corrected chi connectivity index (χ2v) is 9.41. The number of phenolic OH excluding ortho intramolecular Hbond substituents is 1. The molecule has 0 bridgehead atoms. The number of hydrogen-bond acceptors (Lipinski definition) is 7. The molecule has 4 unspecified atom stereocenters. The van der Waals surface area contributed by atoms with Gasteiger partial charge in [-0.2, -0.15) is 12.6 Å². The molecule has 11 heteroatoms. The average Bonchev–Trinajstić information content (AvgIpc) is 2.87. The minimum Gasteiger partial charge on any atom is -0.508 e. The molecule has 3 amide bonds. The molecule has 200 valence electrons. The van der Waals surface area contributed by atoms with Crippen molar-refractivity contribution < 1.29 is 29.4 Å². The number of carbonyl (C=O) groups is 4. The highest BCUT2D eigenvalue weighted by Gasteiger charge is 2.31. The lowest BCUT2D eigenvalue weighted by molar-refractivity contribution is -0.142. The number of aliphatic carboxylic acids is 1. The number of nitrogens with one attached hydrogen (secondary N) is 3. The molecule has 2 aromatic rings. The Morgan fingerprint density at radius 3 is 1.89 bits per heavy atom. The molecule has 0 saturated carbocycles. The third kappa shape index (κ3) is 9.43. The Kier molecular flexibility index (Phi) is 11.4. The van der Waals surface area contributed by atoms with E-state index in [1.165, 1.54) is 12.1 Å². The summed E-state index contributed by atoms with van der Waals surface area (Å²) in [6.45, 7) is 3.46. The number of rotatable bonds is 13. The molecule has 10 nitrogen and oxygen atoms in total. The fourth-order valence-corrected chi connectivity index (χ4v) is 3.70. The lowest BCUT2D eigenvalue weighted by Crippen LogP contribution is -2.59. The number of phenols is 1. The lowest BCUT2D eigenvalue weighted by Gasteiger charge is -2.27. The smallest absolute Gasteiger partial charge is 0.326 e. The second-order valence-electron chi connectivity index (χ2n) is 9.04. The number of nitrogens with two attached hydrogens (primary N) is 1. The lowest BCUT2D eigenvalue weighted by atomic mass is 10.00. The van der Waals surface area contributed by atoms with Gasteiger partial charge in [-0.3, -0.25) is 14.4 Å². The summed E-state index contributed by atoms with van der Waals surface area (Å²) >= 11 is 4.00. The van der Waals surface area contributed by atoms with Crippen LogP contribution in [0.1, 0.15) is 25.0 Å². The summed E-state index contributed by atoms with van der Waals surface area (Å²) < 4.78 is 0. The molecule has 0 aliphatic rings. The Hall–Kier alpha value is -3.57. The predicted octanol–water partition coefficient (Wildman–Crippen LogP) is 0.630. The van der Waals surface area contributed by atoms with Gasteiger partial charge in [-0.1, -0.05) is 56.3 Å². The van der Waals surface area contributed by atoms with Crippen molar-refractivity contribution in [2.45, 2.75) is 50.9 Å². The van der Waals surface area contributed by atoms with Crippen LogP contribution in [0.15, 0.2) is 54.6 Å². The van der Waals surface area contributed by atoms with Gasteiger partial charge in [-0.05, 0) is 29.2 Å². The zero-order valence-corrected chi connectivity index (χ0v) is 21.7. The minimum absolute atomic E-state index is 0.0183. The van der Waals surface area contributed by atoms with Gasteiger partial charge >= 0.3 is 5.97 Å². The molecule has 2 aromatic carbocycles. The summed E-state index contributed by atoms with van der Waals surface area (Å²) in [6.07, 6.45) is 0.0680. The maximum absolute atomic E-state index is 13.3. The van der Waals surface area contributed by atoms with E-state index in [-0.39, 0.29) is 30.3 Å². The molecule has 2 rings (SSSR count). The van der Waals surface area contributed by atoms with E-state index in [0.717, 1.165) is 5.56 Å². The van der Waals surface area contributed by atoms with Gasteiger partial charge in [-0.15, -0.1) is 0 Å². The summed E-state index contributed by atoms with van der Waals surface area (Å²) in [5, 5.41) is 27.0. The summed E-state index contributed by atoms with van der Waals surface area (Å²) in [4.78, 5) is 50.6. The van der Waals surface area contributed by atoms with Crippen molar-refractivity contribution >= 4 is 36.3 Å². The van der Waals surface area contributed by atoms with Gasteiger partial charge in [0, 0.05) is 18.6 Å². The van der Waals surface area contributed by atoms with E-state index < -0.39 is 47.9 Å². The largest absolute Gasteiger partial charge is 0.508 e. The van der Waals surface area contributed by atoms with Crippen molar-refractivity contribution in [3.05, 3.63) is 65.7 Å². The molecule has 0 saturated heterocycles. The van der Waals surface area contributed by atoms with Crippen LogP contribution in [0.2, 0.25) is 0 Å². The quantitative estimate of drug-likeness (QED) is 0.186. The molecule has 37 heavy (non-hydrogen) atoms. The molecular formula is C26H34N4O6S. The fourth-order valence-electron chi connectivity index (χ4n) is 3.54. The van der Waals surface area contributed by atoms with Gasteiger partial charge in [0.05, 0.1) is 6.04 Å². The predicted molar refractivity (Wildman–Crippen MR) is 142 cm³/mol. The number of benzene rings is 2. The van der Waals surface area contributed by atoms with Crippen LogP contribution < -0.4 is 21.7 Å². The fraction of sp³-hybridized carbons (Fsp3) is 0.385. The van der Waals surface area contributed by atoms with Crippen LogP contribution in [-0.4, -0.2) is 63.8 Å². The number of carboxylic acid groups (broad SMARTS) is 1. The number of amides is 3. The van der Waals surface area contributed by atoms with Crippen LogP contribution in [0.4, 0.5) is 0 Å². The number of thiol groups is 1. The topological polar surface area (TPSA) is 171 Å². The summed E-state index contributed by atoms with van der Waals surface area (Å²) in [7, 11) is 0. The monoisotopic (exact) mass is 530 g/mol. The zero-order chi connectivity index (χ0) is 27.5.